The predicted molar refractivity (Wildman–Crippen MR) is 100 cm³/mol. The van der Waals surface area contributed by atoms with E-state index >= 15 is 0 Å². The first-order chi connectivity index (χ1) is 11.6. The number of hydrogen-bond donors (Lipinski definition) is 2. The molecule has 2 aromatic carbocycles. The third-order valence-corrected chi connectivity index (χ3v) is 4.45. The molecule has 0 aliphatic rings. The SMILES string of the molecule is Cc1ccc(CNc2nncc(Nc3ccc(Br)c(C)c3)n2)cc1. The van der Waals surface area contributed by atoms with Gasteiger partial charge in [0.1, 0.15) is 0 Å². The van der Waals surface area contributed by atoms with Crippen molar-refractivity contribution in [3.63, 3.8) is 0 Å². The molecule has 0 radical (unpaired) electrons. The van der Waals surface area contributed by atoms with Crippen LogP contribution in [0.1, 0.15) is 16.7 Å². The molecule has 5 nitrogen and oxygen atoms in total. The van der Waals surface area contributed by atoms with Crippen molar-refractivity contribution in [2.24, 2.45) is 0 Å². The molecular weight excluding hydrogens is 366 g/mol. The van der Waals surface area contributed by atoms with Gasteiger partial charge in [0.05, 0.1) is 6.20 Å². The molecule has 0 bridgehead atoms. The van der Waals surface area contributed by atoms with Gasteiger partial charge in [0.2, 0.25) is 5.95 Å². The largest absolute Gasteiger partial charge is 0.349 e. The maximum Gasteiger partial charge on any atom is 0.244 e. The van der Waals surface area contributed by atoms with Gasteiger partial charge in [-0.1, -0.05) is 45.8 Å². The standard InChI is InChI=1S/C18H18BrN5/c1-12-3-5-14(6-4-12)10-20-18-23-17(11-21-24-18)22-15-7-8-16(19)13(2)9-15/h3-9,11H,10H2,1-2H3,(H2,20,22,23,24). The van der Waals surface area contributed by atoms with Crippen LogP contribution in [0.5, 0.6) is 0 Å². The lowest BCUT2D eigenvalue weighted by atomic mass is 10.1. The number of rotatable bonds is 5. The molecule has 0 fully saturated rings. The summed E-state index contributed by atoms with van der Waals surface area (Å²) in [5.41, 5.74) is 4.53. The van der Waals surface area contributed by atoms with Crippen LogP contribution in [-0.2, 0) is 6.54 Å². The predicted octanol–water partition coefficient (Wildman–Crippen LogP) is 4.61. The molecule has 1 aromatic heterocycles. The van der Waals surface area contributed by atoms with Gasteiger partial charge in [0.25, 0.3) is 0 Å². The minimum atomic E-state index is 0.495. The second-order valence-corrected chi connectivity index (χ2v) is 6.45. The lowest BCUT2D eigenvalue weighted by Gasteiger charge is -2.09. The van der Waals surface area contributed by atoms with Crippen LogP contribution in [0.3, 0.4) is 0 Å². The molecule has 0 aliphatic heterocycles. The van der Waals surface area contributed by atoms with Gasteiger partial charge in [-0.3, -0.25) is 0 Å². The number of aryl methyl sites for hydroxylation is 2. The number of nitrogens with one attached hydrogen (secondary N) is 2. The van der Waals surface area contributed by atoms with E-state index in [0.717, 1.165) is 15.7 Å². The maximum absolute atomic E-state index is 4.45. The molecule has 0 amide bonds. The fraction of sp³-hybridized carbons (Fsp3) is 0.167. The lowest BCUT2D eigenvalue weighted by Crippen LogP contribution is -2.06. The monoisotopic (exact) mass is 383 g/mol. The maximum atomic E-state index is 4.45. The summed E-state index contributed by atoms with van der Waals surface area (Å²) >= 11 is 3.50. The molecule has 3 aromatic rings. The van der Waals surface area contributed by atoms with Crippen LogP contribution >= 0.6 is 15.9 Å². The van der Waals surface area contributed by atoms with Crippen LogP contribution in [0.2, 0.25) is 0 Å². The van der Waals surface area contributed by atoms with E-state index in [1.165, 1.54) is 11.1 Å². The van der Waals surface area contributed by atoms with E-state index in [1.54, 1.807) is 6.20 Å². The van der Waals surface area contributed by atoms with Gasteiger partial charge < -0.3 is 10.6 Å². The van der Waals surface area contributed by atoms with Crippen molar-refractivity contribution < 1.29 is 0 Å². The van der Waals surface area contributed by atoms with Gasteiger partial charge in [-0.25, -0.2) is 0 Å². The summed E-state index contributed by atoms with van der Waals surface area (Å²) in [5, 5.41) is 14.5. The fourth-order valence-electron chi connectivity index (χ4n) is 2.20. The van der Waals surface area contributed by atoms with Crippen LogP contribution in [0.15, 0.2) is 53.1 Å². The van der Waals surface area contributed by atoms with Crippen molar-refractivity contribution in [2.75, 3.05) is 10.6 Å². The molecule has 0 saturated carbocycles. The molecule has 0 unspecified atom stereocenters. The molecule has 2 N–H and O–H groups in total. The minimum absolute atomic E-state index is 0.495. The molecule has 1 heterocycles. The van der Waals surface area contributed by atoms with Gasteiger partial charge >= 0.3 is 0 Å². The van der Waals surface area contributed by atoms with Crippen molar-refractivity contribution in [1.29, 1.82) is 0 Å². The number of aromatic nitrogens is 3. The van der Waals surface area contributed by atoms with E-state index in [-0.39, 0.29) is 0 Å². The highest BCUT2D eigenvalue weighted by molar-refractivity contribution is 9.10. The Hall–Kier alpha value is -2.47. The van der Waals surface area contributed by atoms with Gasteiger partial charge in [0.15, 0.2) is 5.82 Å². The van der Waals surface area contributed by atoms with Gasteiger partial charge in [-0.2, -0.15) is 10.1 Å². The normalized spacial score (nSPS) is 10.5. The average Bonchev–Trinajstić information content (AvgIpc) is 2.58. The number of hydrogen-bond acceptors (Lipinski definition) is 5. The zero-order valence-corrected chi connectivity index (χ0v) is 15.1. The second-order valence-electron chi connectivity index (χ2n) is 5.59. The van der Waals surface area contributed by atoms with Crippen molar-refractivity contribution in [3.8, 4) is 0 Å². The Morgan fingerprint density at radius 3 is 2.58 bits per heavy atom. The highest BCUT2D eigenvalue weighted by atomic mass is 79.9. The van der Waals surface area contributed by atoms with Crippen LogP contribution in [0, 0.1) is 13.8 Å². The summed E-state index contributed by atoms with van der Waals surface area (Å²) in [6.07, 6.45) is 1.61. The highest BCUT2D eigenvalue weighted by Gasteiger charge is 2.03. The van der Waals surface area contributed by atoms with Crippen LogP contribution < -0.4 is 10.6 Å². The van der Waals surface area contributed by atoms with Crippen LogP contribution in [0.4, 0.5) is 17.5 Å². The summed E-state index contributed by atoms with van der Waals surface area (Å²) in [5.74, 6) is 1.15. The summed E-state index contributed by atoms with van der Waals surface area (Å²) in [4.78, 5) is 4.45. The number of halogens is 1. The van der Waals surface area contributed by atoms with Crippen LogP contribution in [-0.4, -0.2) is 15.2 Å². The van der Waals surface area contributed by atoms with Crippen molar-refractivity contribution in [3.05, 3.63) is 69.8 Å². The molecule has 3 rings (SSSR count). The number of benzene rings is 2. The van der Waals surface area contributed by atoms with Crippen molar-refractivity contribution in [2.45, 2.75) is 20.4 Å². The highest BCUT2D eigenvalue weighted by Crippen LogP contribution is 2.22. The van der Waals surface area contributed by atoms with Crippen LogP contribution in [0.25, 0.3) is 0 Å². The minimum Gasteiger partial charge on any atom is -0.349 e. The first-order valence-corrected chi connectivity index (χ1v) is 8.42. The summed E-state index contributed by atoms with van der Waals surface area (Å²) in [6.45, 7) is 4.77. The Balaban J connectivity index is 1.67. The first kappa shape index (κ1) is 16.4. The Bertz CT molecular complexity index is 833. The Morgan fingerprint density at radius 2 is 1.83 bits per heavy atom. The van der Waals surface area contributed by atoms with Gasteiger partial charge in [-0.05, 0) is 43.2 Å². The summed E-state index contributed by atoms with van der Waals surface area (Å²) in [7, 11) is 0. The van der Waals surface area contributed by atoms with Crippen molar-refractivity contribution in [1.82, 2.24) is 15.2 Å². The molecular formula is C18H18BrN5. The topological polar surface area (TPSA) is 62.7 Å². The lowest BCUT2D eigenvalue weighted by molar-refractivity contribution is 0.948. The van der Waals surface area contributed by atoms with E-state index in [4.69, 9.17) is 0 Å². The Kier molecular flexibility index (Phi) is 5.05. The Labute approximate surface area is 149 Å². The quantitative estimate of drug-likeness (QED) is 0.673. The second kappa shape index (κ2) is 7.40. The Morgan fingerprint density at radius 1 is 1.04 bits per heavy atom. The third kappa shape index (κ3) is 4.29. The van der Waals surface area contributed by atoms with E-state index in [2.05, 4.69) is 72.9 Å². The molecule has 0 aliphatic carbocycles. The molecule has 122 valence electrons. The molecule has 24 heavy (non-hydrogen) atoms. The van der Waals surface area contributed by atoms with E-state index < -0.39 is 0 Å². The fourth-order valence-corrected chi connectivity index (χ4v) is 2.44. The van der Waals surface area contributed by atoms with E-state index in [0.29, 0.717) is 18.3 Å². The third-order valence-electron chi connectivity index (χ3n) is 3.56. The average molecular weight is 384 g/mol. The van der Waals surface area contributed by atoms with Gasteiger partial charge in [0, 0.05) is 16.7 Å². The van der Waals surface area contributed by atoms with Gasteiger partial charge in [-0.15, -0.1) is 5.10 Å². The zero-order valence-electron chi connectivity index (χ0n) is 13.5. The molecule has 0 saturated heterocycles. The first-order valence-electron chi connectivity index (χ1n) is 7.62. The molecule has 0 atom stereocenters. The zero-order chi connectivity index (χ0) is 16.9. The smallest absolute Gasteiger partial charge is 0.244 e. The summed E-state index contributed by atoms with van der Waals surface area (Å²) in [6, 6.07) is 14.4. The summed E-state index contributed by atoms with van der Waals surface area (Å²) < 4.78 is 1.08. The molecule has 6 heteroatoms. The van der Waals surface area contributed by atoms with E-state index in [9.17, 15) is 0 Å². The molecule has 0 spiro atoms. The number of nitrogens with zero attached hydrogens (tertiary/aromatic N) is 3. The number of anilines is 3. The van der Waals surface area contributed by atoms with E-state index in [1.807, 2.05) is 25.1 Å². The van der Waals surface area contributed by atoms with Crippen molar-refractivity contribution >= 4 is 33.4 Å².